The van der Waals surface area contributed by atoms with Crippen LogP contribution < -0.4 is 9.47 Å². The number of carbonyl (C=O) groups excluding carboxylic acids is 1. The monoisotopic (exact) mass is 547 g/mol. The molecule has 214 valence electrons. The van der Waals surface area contributed by atoms with Crippen LogP contribution in [0.1, 0.15) is 56.2 Å². The van der Waals surface area contributed by atoms with Crippen molar-refractivity contribution in [3.63, 3.8) is 0 Å². The smallest absolute Gasteiger partial charge is 0.415 e. The second kappa shape index (κ2) is 16.3. The summed E-state index contributed by atoms with van der Waals surface area (Å²) in [6.07, 6.45) is 1.76. The van der Waals surface area contributed by atoms with Crippen molar-refractivity contribution in [2.75, 3.05) is 26.3 Å². The Kier molecular flexibility index (Phi) is 12.5. The van der Waals surface area contributed by atoms with E-state index in [-0.39, 0.29) is 6.42 Å². The summed E-state index contributed by atoms with van der Waals surface area (Å²) in [5.41, 5.74) is 3.32. The zero-order valence-corrected chi connectivity index (χ0v) is 23.8. The maximum Gasteiger partial charge on any atom is 0.415 e. The molecule has 1 N–H and O–H groups in total. The van der Waals surface area contributed by atoms with Gasteiger partial charge in [-0.15, -0.1) is 0 Å². The maximum atomic E-state index is 13.1. The summed E-state index contributed by atoms with van der Waals surface area (Å²) in [6.45, 7) is 7.60. The minimum absolute atomic E-state index is 0.282. The molecule has 7 heteroatoms. The standard InChI is InChI=1S/C33H41NO6/c1-4-38-31(32(35)36)24-27-13-17-29(18-14-27)39-23-22-34(21-9-8-12-26-10-6-5-7-11-26)33(37)40-30-19-15-28(16-20-30)25(2)3/h5-7,10-11,13-20,25,31H,4,8-9,12,21-24H2,1-3H3,(H,35,36). The van der Waals surface area contributed by atoms with Crippen LogP contribution in [-0.2, 0) is 22.4 Å². The third-order valence-corrected chi connectivity index (χ3v) is 6.61. The Labute approximate surface area is 237 Å². The number of ether oxygens (including phenoxy) is 3. The average molecular weight is 548 g/mol. The molecule has 0 spiro atoms. The second-order valence-corrected chi connectivity index (χ2v) is 10.0. The van der Waals surface area contributed by atoms with E-state index in [1.807, 2.05) is 54.6 Å². The Hall–Kier alpha value is -3.84. The molecule has 0 aliphatic heterocycles. The van der Waals surface area contributed by atoms with Crippen LogP contribution in [0, 0.1) is 0 Å². The molecule has 0 aliphatic rings. The van der Waals surface area contributed by atoms with Crippen molar-refractivity contribution in [1.82, 2.24) is 4.90 Å². The van der Waals surface area contributed by atoms with Crippen LogP contribution in [-0.4, -0.2) is 54.5 Å². The van der Waals surface area contributed by atoms with E-state index in [4.69, 9.17) is 14.2 Å². The highest BCUT2D eigenvalue weighted by atomic mass is 16.6. The third kappa shape index (κ3) is 10.4. The molecule has 3 aromatic rings. The summed E-state index contributed by atoms with van der Waals surface area (Å²) in [4.78, 5) is 26.1. The minimum Gasteiger partial charge on any atom is -0.492 e. The fourth-order valence-corrected chi connectivity index (χ4v) is 4.29. The summed E-state index contributed by atoms with van der Waals surface area (Å²) in [5, 5.41) is 9.30. The summed E-state index contributed by atoms with van der Waals surface area (Å²) in [7, 11) is 0. The van der Waals surface area contributed by atoms with Gasteiger partial charge in [-0.05, 0) is 73.1 Å². The van der Waals surface area contributed by atoms with Crippen LogP contribution in [0.5, 0.6) is 11.5 Å². The van der Waals surface area contributed by atoms with Crippen molar-refractivity contribution in [1.29, 1.82) is 0 Å². The quantitative estimate of drug-likeness (QED) is 0.200. The van der Waals surface area contributed by atoms with Crippen LogP contribution >= 0.6 is 0 Å². The van der Waals surface area contributed by atoms with Crippen LogP contribution in [0.25, 0.3) is 0 Å². The highest BCUT2D eigenvalue weighted by molar-refractivity contribution is 5.72. The van der Waals surface area contributed by atoms with Gasteiger partial charge in [0.05, 0.1) is 6.54 Å². The van der Waals surface area contributed by atoms with Gasteiger partial charge in [0.15, 0.2) is 6.10 Å². The van der Waals surface area contributed by atoms with E-state index in [1.165, 1.54) is 11.1 Å². The zero-order chi connectivity index (χ0) is 28.7. The molecule has 1 atom stereocenters. The van der Waals surface area contributed by atoms with Gasteiger partial charge in [0.25, 0.3) is 0 Å². The molecule has 1 unspecified atom stereocenters. The summed E-state index contributed by atoms with van der Waals surface area (Å²) in [5.74, 6) is 0.592. The van der Waals surface area contributed by atoms with E-state index >= 15 is 0 Å². The van der Waals surface area contributed by atoms with Crippen LogP contribution in [0.4, 0.5) is 4.79 Å². The topological polar surface area (TPSA) is 85.3 Å². The first-order valence-electron chi connectivity index (χ1n) is 14.0. The van der Waals surface area contributed by atoms with Gasteiger partial charge in [0.2, 0.25) is 0 Å². The molecule has 1 amide bonds. The van der Waals surface area contributed by atoms with E-state index < -0.39 is 18.2 Å². The van der Waals surface area contributed by atoms with Crippen molar-refractivity contribution in [2.45, 2.75) is 58.5 Å². The Morgan fingerprint density at radius 2 is 1.50 bits per heavy atom. The first kappa shape index (κ1) is 30.7. The predicted molar refractivity (Wildman–Crippen MR) is 156 cm³/mol. The van der Waals surface area contributed by atoms with Gasteiger partial charge >= 0.3 is 12.1 Å². The fraction of sp³-hybridized carbons (Fsp3) is 0.394. The number of benzene rings is 3. The predicted octanol–water partition coefficient (Wildman–Crippen LogP) is 6.74. The van der Waals surface area contributed by atoms with Crippen LogP contribution in [0.15, 0.2) is 78.9 Å². The van der Waals surface area contributed by atoms with E-state index in [0.29, 0.717) is 43.7 Å². The van der Waals surface area contributed by atoms with Gasteiger partial charge in [-0.25, -0.2) is 9.59 Å². The molecule has 40 heavy (non-hydrogen) atoms. The number of carboxylic acids is 1. The molecule has 0 radical (unpaired) electrons. The highest BCUT2D eigenvalue weighted by Crippen LogP contribution is 2.20. The lowest BCUT2D eigenvalue weighted by Gasteiger charge is -2.22. The molecule has 0 bridgehead atoms. The zero-order valence-electron chi connectivity index (χ0n) is 23.8. The Morgan fingerprint density at radius 3 is 2.12 bits per heavy atom. The number of nitrogens with zero attached hydrogens (tertiary/aromatic N) is 1. The lowest BCUT2D eigenvalue weighted by atomic mass is 10.0. The van der Waals surface area contributed by atoms with E-state index in [9.17, 15) is 14.7 Å². The number of unbranched alkanes of at least 4 members (excludes halogenated alkanes) is 1. The summed E-state index contributed by atoms with van der Waals surface area (Å²) in [6, 6.07) is 25.2. The number of amides is 1. The molecule has 0 saturated carbocycles. The normalized spacial score (nSPS) is 11.7. The Morgan fingerprint density at radius 1 is 0.825 bits per heavy atom. The molecular formula is C33H41NO6. The van der Waals surface area contributed by atoms with Gasteiger partial charge < -0.3 is 24.2 Å². The fourth-order valence-electron chi connectivity index (χ4n) is 4.29. The highest BCUT2D eigenvalue weighted by Gasteiger charge is 2.18. The van der Waals surface area contributed by atoms with Gasteiger partial charge in [-0.3, -0.25) is 0 Å². The Balaban J connectivity index is 1.55. The number of hydrogen-bond donors (Lipinski definition) is 1. The van der Waals surface area contributed by atoms with Crippen molar-refractivity contribution >= 4 is 12.1 Å². The largest absolute Gasteiger partial charge is 0.492 e. The number of rotatable bonds is 16. The van der Waals surface area contributed by atoms with E-state index in [0.717, 1.165) is 24.8 Å². The number of carbonyl (C=O) groups is 2. The van der Waals surface area contributed by atoms with Gasteiger partial charge in [-0.2, -0.15) is 0 Å². The minimum atomic E-state index is -0.978. The van der Waals surface area contributed by atoms with E-state index in [1.54, 1.807) is 24.0 Å². The SMILES string of the molecule is CCOC(Cc1ccc(OCCN(CCCCc2ccccc2)C(=O)Oc2ccc(C(C)C)cc2)cc1)C(=O)O. The third-order valence-electron chi connectivity index (χ3n) is 6.61. The number of carboxylic acid groups (broad SMARTS) is 1. The summed E-state index contributed by atoms with van der Waals surface area (Å²) >= 11 is 0. The molecule has 0 fully saturated rings. The van der Waals surface area contributed by atoms with Crippen molar-refractivity contribution < 1.29 is 28.9 Å². The summed E-state index contributed by atoms with van der Waals surface area (Å²) < 4.78 is 16.9. The Bertz CT molecular complexity index is 1160. The number of aryl methyl sites for hydroxylation is 1. The first-order chi connectivity index (χ1) is 19.4. The number of hydrogen-bond acceptors (Lipinski definition) is 5. The van der Waals surface area contributed by atoms with E-state index in [2.05, 4.69) is 26.0 Å². The van der Waals surface area contributed by atoms with Gasteiger partial charge in [0.1, 0.15) is 18.1 Å². The number of aliphatic carboxylic acids is 1. The first-order valence-corrected chi connectivity index (χ1v) is 14.0. The molecule has 0 saturated heterocycles. The molecule has 7 nitrogen and oxygen atoms in total. The molecule has 3 rings (SSSR count). The lowest BCUT2D eigenvalue weighted by molar-refractivity contribution is -0.149. The second-order valence-electron chi connectivity index (χ2n) is 10.0. The molecular weight excluding hydrogens is 506 g/mol. The molecule has 0 heterocycles. The molecule has 0 aliphatic carbocycles. The van der Waals surface area contributed by atoms with Crippen molar-refractivity contribution in [3.8, 4) is 11.5 Å². The van der Waals surface area contributed by atoms with Crippen LogP contribution in [0.2, 0.25) is 0 Å². The van der Waals surface area contributed by atoms with Gasteiger partial charge in [-0.1, -0.05) is 68.4 Å². The van der Waals surface area contributed by atoms with Gasteiger partial charge in [0, 0.05) is 19.6 Å². The van der Waals surface area contributed by atoms with Crippen LogP contribution in [0.3, 0.4) is 0 Å². The maximum absolute atomic E-state index is 13.1. The van der Waals surface area contributed by atoms with Crippen molar-refractivity contribution in [2.24, 2.45) is 0 Å². The van der Waals surface area contributed by atoms with Crippen molar-refractivity contribution in [3.05, 3.63) is 95.6 Å². The molecule has 0 aromatic heterocycles. The lowest BCUT2D eigenvalue weighted by Crippen LogP contribution is -2.37. The molecule has 3 aromatic carbocycles. The average Bonchev–Trinajstić information content (AvgIpc) is 2.95.